The van der Waals surface area contributed by atoms with Crippen molar-refractivity contribution in [3.63, 3.8) is 0 Å². The third-order valence-corrected chi connectivity index (χ3v) is 4.09. The van der Waals surface area contributed by atoms with Crippen molar-refractivity contribution in [2.24, 2.45) is 0 Å². The second kappa shape index (κ2) is 6.57. The largest absolute Gasteiger partial charge is 0.346 e. The smallest absolute Gasteiger partial charge is 0.221 e. The standard InChI is InChI=1S/C15H19F2NOS/c16-11-4-5-12(13(17)10-11)15(7-2-1-3-8-15)18-14(19)6-9-20/h4-5,10,20H,1-3,6-9H2,(H,18,19). The summed E-state index contributed by atoms with van der Waals surface area (Å²) < 4.78 is 27.2. The number of carbonyl (C=O) groups excluding carboxylic acids is 1. The number of hydrogen-bond donors (Lipinski definition) is 2. The van der Waals surface area contributed by atoms with Crippen molar-refractivity contribution in [1.29, 1.82) is 0 Å². The quantitative estimate of drug-likeness (QED) is 0.818. The van der Waals surface area contributed by atoms with Gasteiger partial charge in [-0.15, -0.1) is 0 Å². The summed E-state index contributed by atoms with van der Waals surface area (Å²) in [5.41, 5.74) is -0.304. The summed E-state index contributed by atoms with van der Waals surface area (Å²) in [6.45, 7) is 0. The van der Waals surface area contributed by atoms with Crippen LogP contribution in [0.15, 0.2) is 18.2 Å². The number of halogens is 2. The minimum atomic E-state index is -0.698. The van der Waals surface area contributed by atoms with Crippen LogP contribution in [-0.4, -0.2) is 11.7 Å². The van der Waals surface area contributed by atoms with E-state index in [-0.39, 0.29) is 5.91 Å². The van der Waals surface area contributed by atoms with Crippen LogP contribution < -0.4 is 5.32 Å². The molecule has 1 N–H and O–H groups in total. The van der Waals surface area contributed by atoms with Crippen LogP contribution in [-0.2, 0) is 10.3 Å². The van der Waals surface area contributed by atoms with Gasteiger partial charge in [-0.1, -0.05) is 25.3 Å². The molecule has 0 spiro atoms. The minimum absolute atomic E-state index is 0.134. The average molecular weight is 299 g/mol. The van der Waals surface area contributed by atoms with Gasteiger partial charge in [0.25, 0.3) is 0 Å². The van der Waals surface area contributed by atoms with E-state index < -0.39 is 17.2 Å². The first-order chi connectivity index (χ1) is 9.57. The highest BCUT2D eigenvalue weighted by atomic mass is 32.1. The molecule has 0 radical (unpaired) electrons. The van der Waals surface area contributed by atoms with Crippen molar-refractivity contribution in [1.82, 2.24) is 5.32 Å². The number of hydrogen-bond acceptors (Lipinski definition) is 2. The van der Waals surface area contributed by atoms with Gasteiger partial charge in [-0.3, -0.25) is 4.79 Å². The average Bonchev–Trinajstić information content (AvgIpc) is 2.39. The van der Waals surface area contributed by atoms with Crippen molar-refractivity contribution < 1.29 is 13.6 Å². The number of rotatable bonds is 4. The molecule has 0 unspecified atom stereocenters. The van der Waals surface area contributed by atoms with E-state index in [0.717, 1.165) is 25.3 Å². The van der Waals surface area contributed by atoms with Gasteiger partial charge in [0.05, 0.1) is 5.54 Å². The second-order valence-electron chi connectivity index (χ2n) is 5.29. The maximum absolute atomic E-state index is 14.1. The van der Waals surface area contributed by atoms with Crippen LogP contribution in [0.1, 0.15) is 44.1 Å². The summed E-state index contributed by atoms with van der Waals surface area (Å²) in [5, 5.41) is 2.96. The van der Waals surface area contributed by atoms with Crippen molar-refractivity contribution in [3.8, 4) is 0 Å². The lowest BCUT2D eigenvalue weighted by molar-refractivity contribution is -0.123. The topological polar surface area (TPSA) is 29.1 Å². The summed E-state index contributed by atoms with van der Waals surface area (Å²) in [7, 11) is 0. The summed E-state index contributed by atoms with van der Waals surface area (Å²) in [6, 6.07) is 3.59. The van der Waals surface area contributed by atoms with Crippen molar-refractivity contribution in [3.05, 3.63) is 35.4 Å². The molecule has 20 heavy (non-hydrogen) atoms. The molecule has 1 amide bonds. The zero-order valence-corrected chi connectivity index (χ0v) is 12.2. The van der Waals surface area contributed by atoms with Gasteiger partial charge >= 0.3 is 0 Å². The zero-order valence-electron chi connectivity index (χ0n) is 11.3. The first-order valence-corrected chi connectivity index (χ1v) is 7.58. The van der Waals surface area contributed by atoms with E-state index in [2.05, 4.69) is 17.9 Å². The van der Waals surface area contributed by atoms with E-state index in [4.69, 9.17) is 0 Å². The maximum atomic E-state index is 14.1. The molecular weight excluding hydrogens is 280 g/mol. The molecule has 0 aliphatic heterocycles. The lowest BCUT2D eigenvalue weighted by atomic mass is 9.76. The number of nitrogens with one attached hydrogen (secondary N) is 1. The van der Waals surface area contributed by atoms with Crippen molar-refractivity contribution >= 4 is 18.5 Å². The first kappa shape index (κ1) is 15.3. The number of benzene rings is 1. The Kier molecular flexibility index (Phi) is 5.02. The van der Waals surface area contributed by atoms with Gasteiger partial charge in [0, 0.05) is 18.1 Å². The van der Waals surface area contributed by atoms with Crippen molar-refractivity contribution in [2.45, 2.75) is 44.1 Å². The summed E-state index contributed by atoms with van der Waals surface area (Å²) in [4.78, 5) is 11.9. The normalized spacial score (nSPS) is 17.8. The van der Waals surface area contributed by atoms with Gasteiger partial charge in [-0.25, -0.2) is 8.78 Å². The van der Waals surface area contributed by atoms with Gasteiger partial charge in [0.2, 0.25) is 5.91 Å². The summed E-state index contributed by atoms with van der Waals surface area (Å²) in [6.07, 6.45) is 4.61. The van der Waals surface area contributed by atoms with E-state index in [0.29, 0.717) is 30.6 Å². The van der Waals surface area contributed by atoms with Crippen LogP contribution in [0.4, 0.5) is 8.78 Å². The Hall–Kier alpha value is -1.10. The Bertz CT molecular complexity index is 487. The Morgan fingerprint density at radius 3 is 2.55 bits per heavy atom. The molecule has 0 saturated heterocycles. The van der Waals surface area contributed by atoms with E-state index in [9.17, 15) is 13.6 Å². The Balaban J connectivity index is 2.33. The van der Waals surface area contributed by atoms with Gasteiger partial charge in [-0.2, -0.15) is 12.6 Å². The molecule has 1 saturated carbocycles. The molecule has 1 aliphatic carbocycles. The van der Waals surface area contributed by atoms with E-state index in [1.807, 2.05) is 0 Å². The van der Waals surface area contributed by atoms with Crippen LogP contribution in [0.5, 0.6) is 0 Å². The SMILES string of the molecule is O=C(CCS)NC1(c2ccc(F)cc2F)CCCCC1. The Morgan fingerprint density at radius 1 is 1.25 bits per heavy atom. The third-order valence-electron chi connectivity index (χ3n) is 3.87. The molecule has 2 rings (SSSR count). The second-order valence-corrected chi connectivity index (χ2v) is 5.74. The monoisotopic (exact) mass is 299 g/mol. The molecule has 1 aliphatic rings. The molecular formula is C15H19F2NOS. The van der Waals surface area contributed by atoms with Crippen LogP contribution in [0.3, 0.4) is 0 Å². The Labute approximate surface area is 123 Å². The van der Waals surface area contributed by atoms with Crippen molar-refractivity contribution in [2.75, 3.05) is 5.75 Å². The molecule has 0 atom stereocenters. The van der Waals surface area contributed by atoms with Crippen LogP contribution >= 0.6 is 12.6 Å². The highest BCUT2D eigenvalue weighted by molar-refractivity contribution is 7.80. The van der Waals surface area contributed by atoms with Crippen LogP contribution in [0, 0.1) is 11.6 Å². The summed E-state index contributed by atoms with van der Waals surface area (Å²) >= 11 is 4.04. The lowest BCUT2D eigenvalue weighted by Crippen LogP contribution is -2.47. The predicted molar refractivity (Wildman–Crippen MR) is 77.7 cm³/mol. The molecule has 1 aromatic rings. The zero-order chi connectivity index (χ0) is 14.6. The first-order valence-electron chi connectivity index (χ1n) is 6.95. The maximum Gasteiger partial charge on any atom is 0.221 e. The van der Waals surface area contributed by atoms with Gasteiger partial charge < -0.3 is 5.32 Å². The molecule has 0 bridgehead atoms. The van der Waals surface area contributed by atoms with E-state index in [1.165, 1.54) is 12.1 Å². The minimum Gasteiger partial charge on any atom is -0.346 e. The fraction of sp³-hybridized carbons (Fsp3) is 0.533. The number of carbonyl (C=O) groups is 1. The molecule has 0 heterocycles. The highest BCUT2D eigenvalue weighted by Crippen LogP contribution is 2.38. The number of thiol groups is 1. The molecule has 1 aromatic carbocycles. The highest BCUT2D eigenvalue weighted by Gasteiger charge is 2.37. The molecule has 1 fully saturated rings. The molecule has 0 aromatic heterocycles. The van der Waals surface area contributed by atoms with Gasteiger partial charge in [0.1, 0.15) is 11.6 Å². The fourth-order valence-corrected chi connectivity index (χ4v) is 3.13. The van der Waals surface area contributed by atoms with Crippen LogP contribution in [0.25, 0.3) is 0 Å². The lowest BCUT2D eigenvalue weighted by Gasteiger charge is -2.39. The third kappa shape index (κ3) is 3.32. The van der Waals surface area contributed by atoms with E-state index >= 15 is 0 Å². The predicted octanol–water partition coefficient (Wildman–Crippen LogP) is 3.56. The van der Waals surface area contributed by atoms with E-state index in [1.54, 1.807) is 0 Å². The molecule has 5 heteroatoms. The van der Waals surface area contributed by atoms with Gasteiger partial charge in [0.15, 0.2) is 0 Å². The Morgan fingerprint density at radius 2 is 1.95 bits per heavy atom. The van der Waals surface area contributed by atoms with Crippen LogP contribution in [0.2, 0.25) is 0 Å². The fourth-order valence-electron chi connectivity index (χ4n) is 2.93. The molecule has 2 nitrogen and oxygen atoms in total. The number of amides is 1. The molecule has 110 valence electrons. The van der Waals surface area contributed by atoms with Gasteiger partial charge in [-0.05, 0) is 24.7 Å². The summed E-state index contributed by atoms with van der Waals surface area (Å²) in [5.74, 6) is -0.865.